The van der Waals surface area contributed by atoms with Crippen molar-refractivity contribution in [3.05, 3.63) is 57.5 Å². The highest BCUT2D eigenvalue weighted by atomic mass is 35.5. The number of anilines is 1. The van der Waals surface area contributed by atoms with E-state index in [2.05, 4.69) is 4.74 Å². The number of halogens is 3. The summed E-state index contributed by atoms with van der Waals surface area (Å²) in [5.41, 5.74) is 0.291. The fraction of sp³-hybridized carbons (Fsp3) is 0.316. The highest BCUT2D eigenvalue weighted by Gasteiger charge is 2.31. The summed E-state index contributed by atoms with van der Waals surface area (Å²) in [5.74, 6) is 0.429. The van der Waals surface area contributed by atoms with Crippen LogP contribution in [-0.2, 0) is 19.6 Å². The lowest BCUT2D eigenvalue weighted by Crippen LogP contribution is -2.39. The van der Waals surface area contributed by atoms with Gasteiger partial charge in [0.2, 0.25) is 0 Å². The van der Waals surface area contributed by atoms with Crippen LogP contribution in [0.15, 0.2) is 47.4 Å². The van der Waals surface area contributed by atoms with Gasteiger partial charge in [-0.3, -0.25) is 9.10 Å². The van der Waals surface area contributed by atoms with Gasteiger partial charge in [0, 0.05) is 16.1 Å². The number of sulfonamides is 1. The molecule has 2 aromatic carbocycles. The van der Waals surface area contributed by atoms with E-state index in [0.717, 1.165) is 0 Å². The molecule has 158 valence electrons. The van der Waals surface area contributed by atoms with Crippen LogP contribution < -0.4 is 4.31 Å². The second kappa shape index (κ2) is 10.8. The maximum Gasteiger partial charge on any atom is 0.315 e. The van der Waals surface area contributed by atoms with Crippen molar-refractivity contribution in [2.75, 3.05) is 22.9 Å². The minimum Gasteiger partial charge on any atom is -0.468 e. The Morgan fingerprint density at radius 1 is 1.10 bits per heavy atom. The Hall–Kier alpha value is -1.12. The number of ether oxygens (including phenoxy) is 1. The second-order valence-corrected chi connectivity index (χ2v) is 10.3. The average Bonchev–Trinajstić information content (AvgIpc) is 2.68. The number of benzene rings is 2. The van der Waals surface area contributed by atoms with Crippen molar-refractivity contribution in [3.63, 3.8) is 0 Å². The molecule has 0 aliphatic rings. The third kappa shape index (κ3) is 6.43. The summed E-state index contributed by atoms with van der Waals surface area (Å²) in [4.78, 5) is 11.4. The van der Waals surface area contributed by atoms with E-state index >= 15 is 0 Å². The molecule has 0 spiro atoms. The largest absolute Gasteiger partial charge is 0.468 e. The number of rotatable bonds is 9. The Morgan fingerprint density at radius 2 is 1.72 bits per heavy atom. The Balaban J connectivity index is 2.37. The lowest BCUT2D eigenvalue weighted by atomic mass is 10.2. The SMILES string of the molecule is COC(=O)CSCCC(C)N(c1cc(Cl)ccc1Cl)S(=O)(=O)c1ccc(Cl)cc1. The second-order valence-electron chi connectivity index (χ2n) is 6.12. The molecule has 0 N–H and O–H groups in total. The predicted octanol–water partition coefficient (Wildman–Crippen LogP) is 5.53. The molecule has 0 saturated heterocycles. The zero-order valence-electron chi connectivity index (χ0n) is 15.8. The number of hydrogen-bond donors (Lipinski definition) is 0. The smallest absolute Gasteiger partial charge is 0.315 e. The van der Waals surface area contributed by atoms with E-state index in [1.165, 1.54) is 53.5 Å². The van der Waals surface area contributed by atoms with Gasteiger partial charge in [0.1, 0.15) is 0 Å². The maximum atomic E-state index is 13.4. The number of hydrogen-bond acceptors (Lipinski definition) is 5. The molecule has 0 radical (unpaired) electrons. The van der Waals surface area contributed by atoms with Gasteiger partial charge in [0.15, 0.2) is 0 Å². The van der Waals surface area contributed by atoms with Crippen molar-refractivity contribution in [2.45, 2.75) is 24.3 Å². The van der Waals surface area contributed by atoms with E-state index in [4.69, 9.17) is 34.8 Å². The molecule has 0 aromatic heterocycles. The van der Waals surface area contributed by atoms with Gasteiger partial charge >= 0.3 is 5.97 Å². The number of carbonyl (C=O) groups is 1. The van der Waals surface area contributed by atoms with Crippen molar-refractivity contribution >= 4 is 68.2 Å². The van der Waals surface area contributed by atoms with Crippen LogP contribution in [0.2, 0.25) is 15.1 Å². The molecule has 0 aliphatic carbocycles. The summed E-state index contributed by atoms with van der Waals surface area (Å²) in [5, 5.41) is 1.07. The fourth-order valence-corrected chi connectivity index (χ4v) is 5.75. The van der Waals surface area contributed by atoms with E-state index in [0.29, 0.717) is 27.9 Å². The van der Waals surface area contributed by atoms with Crippen LogP contribution in [0, 0.1) is 0 Å². The lowest BCUT2D eigenvalue weighted by Gasteiger charge is -2.31. The van der Waals surface area contributed by atoms with E-state index in [-0.39, 0.29) is 21.6 Å². The summed E-state index contributed by atoms with van der Waals surface area (Å²) in [6.07, 6.45) is 0.483. The molecule has 0 heterocycles. The van der Waals surface area contributed by atoms with Crippen molar-refractivity contribution in [1.82, 2.24) is 0 Å². The highest BCUT2D eigenvalue weighted by molar-refractivity contribution is 7.99. The van der Waals surface area contributed by atoms with E-state index < -0.39 is 16.1 Å². The molecule has 0 saturated carbocycles. The van der Waals surface area contributed by atoms with Crippen LogP contribution >= 0.6 is 46.6 Å². The van der Waals surface area contributed by atoms with Crippen molar-refractivity contribution in [3.8, 4) is 0 Å². The molecular formula is C19H20Cl3NO4S2. The van der Waals surface area contributed by atoms with Gasteiger partial charge in [-0.2, -0.15) is 11.8 Å². The van der Waals surface area contributed by atoms with E-state index in [9.17, 15) is 13.2 Å². The van der Waals surface area contributed by atoms with Crippen molar-refractivity contribution in [1.29, 1.82) is 0 Å². The Labute approximate surface area is 190 Å². The Kier molecular flexibility index (Phi) is 8.97. The van der Waals surface area contributed by atoms with Gasteiger partial charge < -0.3 is 4.74 Å². The number of nitrogens with zero attached hydrogens (tertiary/aromatic N) is 1. The van der Waals surface area contributed by atoms with Gasteiger partial charge in [-0.25, -0.2) is 8.42 Å². The van der Waals surface area contributed by atoms with E-state index in [1.807, 2.05) is 0 Å². The normalized spacial score (nSPS) is 12.4. The molecule has 0 bridgehead atoms. The molecular weight excluding hydrogens is 477 g/mol. The van der Waals surface area contributed by atoms with Crippen molar-refractivity contribution in [2.24, 2.45) is 0 Å². The zero-order chi connectivity index (χ0) is 21.6. The molecule has 2 rings (SSSR count). The van der Waals surface area contributed by atoms with Gasteiger partial charge in [0.05, 0.1) is 28.5 Å². The summed E-state index contributed by atoms with van der Waals surface area (Å²) < 4.78 is 32.8. The molecule has 0 aliphatic heterocycles. The summed E-state index contributed by atoms with van der Waals surface area (Å²) in [6.45, 7) is 1.78. The first-order valence-corrected chi connectivity index (χ1v) is 12.3. The minimum absolute atomic E-state index is 0.0898. The van der Waals surface area contributed by atoms with Gasteiger partial charge in [-0.05, 0) is 61.6 Å². The molecule has 1 atom stereocenters. The van der Waals surface area contributed by atoms with Crippen LogP contribution in [-0.4, -0.2) is 39.0 Å². The third-order valence-electron chi connectivity index (χ3n) is 4.04. The standard InChI is InChI=1S/C19H20Cl3NO4S2/c1-13(9-10-28-12-19(24)27-2)23(18-11-15(21)5-8-17(18)22)29(25,26)16-6-3-14(20)4-7-16/h3-8,11,13H,9-10,12H2,1-2H3. The summed E-state index contributed by atoms with van der Waals surface area (Å²) >= 11 is 19.7. The Morgan fingerprint density at radius 3 is 2.34 bits per heavy atom. The maximum absolute atomic E-state index is 13.4. The quantitative estimate of drug-likeness (QED) is 0.337. The summed E-state index contributed by atoms with van der Waals surface area (Å²) in [6, 6.07) is 10.2. The molecule has 29 heavy (non-hydrogen) atoms. The number of methoxy groups -OCH3 is 1. The van der Waals surface area contributed by atoms with E-state index in [1.54, 1.807) is 19.1 Å². The van der Waals surface area contributed by atoms with Crippen LogP contribution in [0.25, 0.3) is 0 Å². The van der Waals surface area contributed by atoms with Crippen molar-refractivity contribution < 1.29 is 17.9 Å². The molecule has 5 nitrogen and oxygen atoms in total. The van der Waals surface area contributed by atoms with Gasteiger partial charge in [-0.15, -0.1) is 0 Å². The number of thioether (sulfide) groups is 1. The molecule has 1 unspecified atom stereocenters. The van der Waals surface area contributed by atoms with Crippen LogP contribution in [0.3, 0.4) is 0 Å². The molecule has 10 heteroatoms. The Bertz CT molecular complexity index is 952. The summed E-state index contributed by atoms with van der Waals surface area (Å²) in [7, 11) is -2.61. The highest BCUT2D eigenvalue weighted by Crippen LogP contribution is 2.35. The van der Waals surface area contributed by atoms with Gasteiger partial charge in [0.25, 0.3) is 10.0 Å². The van der Waals surface area contributed by atoms with Gasteiger partial charge in [-0.1, -0.05) is 34.8 Å². The molecule has 0 amide bonds. The number of carbonyl (C=O) groups excluding carboxylic acids is 1. The first-order chi connectivity index (χ1) is 13.7. The first-order valence-electron chi connectivity index (χ1n) is 8.56. The van der Waals surface area contributed by atoms with Crippen LogP contribution in [0.5, 0.6) is 0 Å². The van der Waals surface area contributed by atoms with Crippen LogP contribution in [0.1, 0.15) is 13.3 Å². The predicted molar refractivity (Wildman–Crippen MR) is 121 cm³/mol. The third-order valence-corrected chi connectivity index (χ3v) is 7.76. The topological polar surface area (TPSA) is 63.7 Å². The van der Waals surface area contributed by atoms with Crippen LogP contribution in [0.4, 0.5) is 5.69 Å². The number of esters is 1. The monoisotopic (exact) mass is 495 g/mol. The average molecular weight is 497 g/mol. The molecule has 2 aromatic rings. The zero-order valence-corrected chi connectivity index (χ0v) is 19.7. The first kappa shape index (κ1) is 24.2. The fourth-order valence-electron chi connectivity index (χ4n) is 2.56. The minimum atomic E-state index is -3.94. The molecule has 0 fully saturated rings. The lowest BCUT2D eigenvalue weighted by molar-refractivity contribution is -0.137.